The molecule has 0 saturated heterocycles. The number of nitrogens with one attached hydrogen (secondary N) is 2. The number of amides is 2. The summed E-state index contributed by atoms with van der Waals surface area (Å²) in [7, 11) is 0. The van der Waals surface area contributed by atoms with Gasteiger partial charge in [-0.3, -0.25) is 25.1 Å². The largest absolute Gasteiger partial charge is 0.269 e. The second-order valence-electron chi connectivity index (χ2n) is 6.11. The molecule has 0 spiro atoms. The van der Waals surface area contributed by atoms with Crippen molar-refractivity contribution < 1.29 is 9.59 Å². The number of hydrazine groups is 1. The van der Waals surface area contributed by atoms with Crippen LogP contribution in [0.3, 0.4) is 0 Å². The number of carbonyl (C=O) groups is 2. The molecule has 2 aromatic heterocycles. The van der Waals surface area contributed by atoms with E-state index in [4.69, 9.17) is 0 Å². The molecule has 29 heavy (non-hydrogen) atoms. The normalized spacial score (nSPS) is 10.5. The van der Waals surface area contributed by atoms with E-state index in [2.05, 4.69) is 31.5 Å². The van der Waals surface area contributed by atoms with E-state index in [0.29, 0.717) is 23.4 Å². The predicted molar refractivity (Wildman–Crippen MR) is 102 cm³/mol. The maximum absolute atomic E-state index is 12.2. The highest BCUT2D eigenvalue weighted by atomic mass is 16.2. The number of hydrogen-bond donors (Lipinski definition) is 2. The lowest BCUT2D eigenvalue weighted by Crippen LogP contribution is -2.41. The molecule has 10 heteroatoms. The van der Waals surface area contributed by atoms with E-state index in [1.807, 2.05) is 24.4 Å². The lowest BCUT2D eigenvalue weighted by atomic mass is 10.1. The van der Waals surface area contributed by atoms with E-state index < -0.39 is 11.8 Å². The quantitative estimate of drug-likeness (QED) is 0.492. The van der Waals surface area contributed by atoms with Crippen molar-refractivity contribution in [3.8, 4) is 5.69 Å². The lowest BCUT2D eigenvalue weighted by molar-refractivity contribution is 0.0846. The van der Waals surface area contributed by atoms with Gasteiger partial charge in [0.2, 0.25) is 0 Å². The third-order valence-electron chi connectivity index (χ3n) is 4.15. The molecule has 10 nitrogen and oxygen atoms in total. The Bertz CT molecular complexity index is 1090. The summed E-state index contributed by atoms with van der Waals surface area (Å²) in [5.74, 6) is -0.841. The first kappa shape index (κ1) is 18.0. The van der Waals surface area contributed by atoms with Crippen LogP contribution in [0.5, 0.6) is 0 Å². The fourth-order valence-electron chi connectivity index (χ4n) is 2.65. The molecule has 0 saturated carbocycles. The van der Waals surface area contributed by atoms with Crippen LogP contribution in [0, 0.1) is 0 Å². The maximum atomic E-state index is 12.2. The average Bonchev–Trinajstić information content (AvgIpc) is 3.47. The van der Waals surface area contributed by atoms with Gasteiger partial charge in [-0.05, 0) is 58.5 Å². The number of benzene rings is 2. The smallest absolute Gasteiger partial charge is 0.268 e. The monoisotopic (exact) mass is 388 g/mol. The number of rotatable bonds is 5. The van der Waals surface area contributed by atoms with E-state index in [1.54, 1.807) is 47.3 Å². The first-order valence-electron chi connectivity index (χ1n) is 8.69. The molecule has 0 unspecified atom stereocenters. The van der Waals surface area contributed by atoms with Crippen molar-refractivity contribution in [2.75, 3.05) is 0 Å². The minimum Gasteiger partial charge on any atom is -0.268 e. The molecule has 0 aliphatic carbocycles. The summed E-state index contributed by atoms with van der Waals surface area (Å²) in [5, 5.41) is 15.0. The predicted octanol–water partition coefficient (Wildman–Crippen LogP) is 0.982. The van der Waals surface area contributed by atoms with Crippen LogP contribution >= 0.6 is 0 Å². The summed E-state index contributed by atoms with van der Waals surface area (Å²) in [6.07, 6.45) is 5.03. The molecular formula is C19H16N8O2. The van der Waals surface area contributed by atoms with Gasteiger partial charge in [-0.15, -0.1) is 5.10 Å². The van der Waals surface area contributed by atoms with Gasteiger partial charge in [-0.2, -0.15) is 5.10 Å². The van der Waals surface area contributed by atoms with Gasteiger partial charge in [0, 0.05) is 23.5 Å². The molecule has 4 rings (SSSR count). The van der Waals surface area contributed by atoms with Crippen molar-refractivity contribution in [2.24, 2.45) is 0 Å². The van der Waals surface area contributed by atoms with Crippen LogP contribution in [-0.2, 0) is 6.54 Å². The highest BCUT2D eigenvalue weighted by Crippen LogP contribution is 2.08. The van der Waals surface area contributed by atoms with Crippen LogP contribution in [-0.4, -0.2) is 41.8 Å². The molecule has 0 aliphatic heterocycles. The number of nitrogens with zero attached hydrogens (tertiary/aromatic N) is 6. The SMILES string of the molecule is O=C(NNC(=O)c1ccc(-n2cnnn2)cc1)c1ccc(Cn2cccn2)cc1. The molecule has 0 bridgehead atoms. The molecule has 2 N–H and O–H groups in total. The Morgan fingerprint density at radius 2 is 1.55 bits per heavy atom. The van der Waals surface area contributed by atoms with Crippen LogP contribution in [0.2, 0.25) is 0 Å². The van der Waals surface area contributed by atoms with E-state index in [-0.39, 0.29) is 0 Å². The fraction of sp³-hybridized carbons (Fsp3) is 0.0526. The Morgan fingerprint density at radius 3 is 2.10 bits per heavy atom. The third-order valence-corrected chi connectivity index (χ3v) is 4.15. The molecule has 2 heterocycles. The highest BCUT2D eigenvalue weighted by Gasteiger charge is 2.10. The van der Waals surface area contributed by atoms with Crippen molar-refractivity contribution in [1.82, 2.24) is 40.8 Å². The number of carbonyl (C=O) groups excluding carboxylic acids is 2. The van der Waals surface area contributed by atoms with E-state index >= 15 is 0 Å². The molecule has 144 valence electrons. The molecule has 0 radical (unpaired) electrons. The standard InChI is InChI=1S/C19H16N8O2/c28-18(15-4-2-14(3-5-15)12-26-11-1-10-21-26)22-23-19(29)16-6-8-17(9-7-16)27-13-20-24-25-27/h1-11,13H,12H2,(H,22,28)(H,23,29). The summed E-state index contributed by atoms with van der Waals surface area (Å²) in [5.41, 5.74) is 7.36. The minimum absolute atomic E-state index is 0.386. The number of tetrazole rings is 1. The molecule has 0 atom stereocenters. The Hall–Kier alpha value is -4.34. The van der Waals surface area contributed by atoms with Crippen LogP contribution in [0.4, 0.5) is 0 Å². The molecule has 4 aromatic rings. The lowest BCUT2D eigenvalue weighted by Gasteiger charge is -2.09. The fourth-order valence-corrected chi connectivity index (χ4v) is 2.65. The Balaban J connectivity index is 1.32. The molecule has 2 amide bonds. The molecular weight excluding hydrogens is 372 g/mol. The van der Waals surface area contributed by atoms with Gasteiger partial charge in [-0.1, -0.05) is 12.1 Å². The summed E-state index contributed by atoms with van der Waals surface area (Å²) >= 11 is 0. The number of aromatic nitrogens is 6. The van der Waals surface area contributed by atoms with Gasteiger partial charge in [0.05, 0.1) is 12.2 Å². The highest BCUT2D eigenvalue weighted by molar-refractivity contribution is 5.99. The summed E-state index contributed by atoms with van der Waals surface area (Å²) in [6, 6.07) is 15.6. The number of hydrogen-bond acceptors (Lipinski definition) is 6. The zero-order valence-corrected chi connectivity index (χ0v) is 15.1. The van der Waals surface area contributed by atoms with Crippen LogP contribution in [0.1, 0.15) is 26.3 Å². The Labute approximate surface area is 165 Å². The van der Waals surface area contributed by atoms with Crippen LogP contribution < -0.4 is 10.9 Å². The molecule has 2 aromatic carbocycles. The Morgan fingerprint density at radius 1 is 0.897 bits per heavy atom. The maximum Gasteiger partial charge on any atom is 0.269 e. The van der Waals surface area contributed by atoms with Crippen molar-refractivity contribution in [2.45, 2.75) is 6.54 Å². The third kappa shape index (κ3) is 4.33. The van der Waals surface area contributed by atoms with Crippen molar-refractivity contribution in [3.05, 3.63) is 90.0 Å². The second-order valence-corrected chi connectivity index (χ2v) is 6.11. The van der Waals surface area contributed by atoms with Gasteiger partial charge in [0.1, 0.15) is 6.33 Å². The second kappa shape index (κ2) is 8.13. The summed E-state index contributed by atoms with van der Waals surface area (Å²) < 4.78 is 3.26. The topological polar surface area (TPSA) is 120 Å². The zero-order valence-electron chi connectivity index (χ0n) is 15.1. The van der Waals surface area contributed by atoms with Gasteiger partial charge >= 0.3 is 0 Å². The van der Waals surface area contributed by atoms with Gasteiger partial charge < -0.3 is 0 Å². The first-order valence-corrected chi connectivity index (χ1v) is 8.69. The minimum atomic E-state index is -0.433. The van der Waals surface area contributed by atoms with Crippen LogP contribution in [0.25, 0.3) is 5.69 Å². The average molecular weight is 388 g/mol. The summed E-state index contributed by atoms with van der Waals surface area (Å²) in [6.45, 7) is 0.617. The summed E-state index contributed by atoms with van der Waals surface area (Å²) in [4.78, 5) is 24.5. The van der Waals surface area contributed by atoms with E-state index in [0.717, 1.165) is 5.56 Å². The molecule has 0 fully saturated rings. The van der Waals surface area contributed by atoms with E-state index in [1.165, 1.54) is 11.0 Å². The van der Waals surface area contributed by atoms with Crippen molar-refractivity contribution in [3.63, 3.8) is 0 Å². The first-order chi connectivity index (χ1) is 14.2. The van der Waals surface area contributed by atoms with Gasteiger partial charge in [0.25, 0.3) is 11.8 Å². The zero-order chi connectivity index (χ0) is 20.1. The van der Waals surface area contributed by atoms with Crippen molar-refractivity contribution >= 4 is 11.8 Å². The van der Waals surface area contributed by atoms with Crippen molar-refractivity contribution in [1.29, 1.82) is 0 Å². The van der Waals surface area contributed by atoms with Crippen LogP contribution in [0.15, 0.2) is 73.3 Å². The Kier molecular flexibility index (Phi) is 5.06. The van der Waals surface area contributed by atoms with E-state index in [9.17, 15) is 9.59 Å². The van der Waals surface area contributed by atoms with Gasteiger partial charge in [0.15, 0.2) is 0 Å². The van der Waals surface area contributed by atoms with Gasteiger partial charge in [-0.25, -0.2) is 4.68 Å². The molecule has 0 aliphatic rings.